The van der Waals surface area contributed by atoms with Gasteiger partial charge in [0, 0.05) is 12.5 Å². The van der Waals surface area contributed by atoms with Gasteiger partial charge in [-0.1, -0.05) is 18.2 Å². The van der Waals surface area contributed by atoms with Crippen LogP contribution >= 0.6 is 0 Å². The van der Waals surface area contributed by atoms with Gasteiger partial charge in [-0.25, -0.2) is 0 Å². The highest BCUT2D eigenvalue weighted by Crippen LogP contribution is 2.19. The first-order valence-corrected chi connectivity index (χ1v) is 6.07. The first kappa shape index (κ1) is 12.7. The highest BCUT2D eigenvalue weighted by Gasteiger charge is 2.13. The van der Waals surface area contributed by atoms with E-state index in [-0.39, 0.29) is 6.04 Å². The molecule has 1 heterocycles. The third-order valence-electron chi connectivity index (χ3n) is 3.22. The van der Waals surface area contributed by atoms with E-state index in [1.807, 2.05) is 7.05 Å². The van der Waals surface area contributed by atoms with Gasteiger partial charge in [-0.2, -0.15) is 4.80 Å². The molecule has 0 aliphatic rings. The van der Waals surface area contributed by atoms with E-state index in [4.69, 9.17) is 0 Å². The molecule has 0 fully saturated rings. The van der Waals surface area contributed by atoms with Crippen LogP contribution in [0.2, 0.25) is 0 Å². The van der Waals surface area contributed by atoms with Gasteiger partial charge in [0.05, 0.1) is 7.05 Å². The largest absolute Gasteiger partial charge is 0.313 e. The molecule has 18 heavy (non-hydrogen) atoms. The Balaban J connectivity index is 2.19. The maximum Gasteiger partial charge on any atom is 0.176 e. The second kappa shape index (κ2) is 5.27. The van der Waals surface area contributed by atoms with Crippen molar-refractivity contribution in [1.29, 1.82) is 0 Å². The van der Waals surface area contributed by atoms with Crippen LogP contribution in [0.1, 0.15) is 28.6 Å². The average Bonchev–Trinajstić information content (AvgIpc) is 2.75. The van der Waals surface area contributed by atoms with Crippen LogP contribution in [0, 0.1) is 13.8 Å². The fourth-order valence-electron chi connectivity index (χ4n) is 1.96. The standard InChI is InChI=1S/C13H19N5/c1-9-5-6-11(7-10(9)2)12(14-3)8-13-15-17-18(4)16-13/h5-7,12,14H,8H2,1-4H3. The van der Waals surface area contributed by atoms with Crippen molar-refractivity contribution < 1.29 is 0 Å². The van der Waals surface area contributed by atoms with E-state index in [0.717, 1.165) is 12.2 Å². The smallest absolute Gasteiger partial charge is 0.176 e. The lowest BCUT2D eigenvalue weighted by Crippen LogP contribution is -2.19. The number of aromatic nitrogens is 4. The van der Waals surface area contributed by atoms with Crippen LogP contribution in [0.4, 0.5) is 0 Å². The van der Waals surface area contributed by atoms with E-state index >= 15 is 0 Å². The predicted octanol–water partition coefficient (Wildman–Crippen LogP) is 1.33. The van der Waals surface area contributed by atoms with Gasteiger partial charge >= 0.3 is 0 Å². The number of hydrogen-bond donors (Lipinski definition) is 1. The molecule has 5 nitrogen and oxygen atoms in total. The van der Waals surface area contributed by atoms with Gasteiger partial charge in [0.15, 0.2) is 5.82 Å². The number of nitrogens with zero attached hydrogens (tertiary/aromatic N) is 4. The predicted molar refractivity (Wildman–Crippen MR) is 70.2 cm³/mol. The number of aryl methyl sites for hydroxylation is 3. The zero-order chi connectivity index (χ0) is 13.1. The highest BCUT2D eigenvalue weighted by atomic mass is 15.6. The number of benzene rings is 1. The molecule has 96 valence electrons. The summed E-state index contributed by atoms with van der Waals surface area (Å²) in [7, 11) is 3.73. The fourth-order valence-corrected chi connectivity index (χ4v) is 1.96. The molecule has 1 aromatic heterocycles. The molecule has 1 aromatic carbocycles. The third kappa shape index (κ3) is 2.73. The van der Waals surface area contributed by atoms with Gasteiger partial charge in [0.1, 0.15) is 0 Å². The summed E-state index contributed by atoms with van der Waals surface area (Å²) < 4.78 is 0. The van der Waals surface area contributed by atoms with Crippen LogP contribution in [0.5, 0.6) is 0 Å². The van der Waals surface area contributed by atoms with Crippen molar-refractivity contribution in [1.82, 2.24) is 25.5 Å². The topological polar surface area (TPSA) is 55.6 Å². The van der Waals surface area contributed by atoms with Crippen molar-refractivity contribution in [3.63, 3.8) is 0 Å². The van der Waals surface area contributed by atoms with Crippen molar-refractivity contribution in [2.75, 3.05) is 7.05 Å². The summed E-state index contributed by atoms with van der Waals surface area (Å²) in [6, 6.07) is 6.74. The third-order valence-corrected chi connectivity index (χ3v) is 3.22. The van der Waals surface area contributed by atoms with E-state index in [1.54, 1.807) is 7.05 Å². The Labute approximate surface area is 107 Å². The van der Waals surface area contributed by atoms with Crippen LogP contribution in [0.15, 0.2) is 18.2 Å². The van der Waals surface area contributed by atoms with Gasteiger partial charge in [0.2, 0.25) is 0 Å². The monoisotopic (exact) mass is 245 g/mol. The Morgan fingerprint density at radius 2 is 2.06 bits per heavy atom. The minimum Gasteiger partial charge on any atom is -0.313 e. The Bertz CT molecular complexity index is 532. The molecule has 0 aliphatic carbocycles. The lowest BCUT2D eigenvalue weighted by Gasteiger charge is -2.16. The van der Waals surface area contributed by atoms with Gasteiger partial charge in [0.25, 0.3) is 0 Å². The molecule has 1 N–H and O–H groups in total. The molecular weight excluding hydrogens is 226 g/mol. The molecule has 1 atom stereocenters. The van der Waals surface area contributed by atoms with E-state index in [0.29, 0.717) is 0 Å². The van der Waals surface area contributed by atoms with Crippen molar-refractivity contribution in [3.05, 3.63) is 40.7 Å². The van der Waals surface area contributed by atoms with Crippen LogP contribution in [-0.2, 0) is 13.5 Å². The van der Waals surface area contributed by atoms with E-state index in [1.165, 1.54) is 21.5 Å². The minimum atomic E-state index is 0.216. The van der Waals surface area contributed by atoms with Crippen molar-refractivity contribution in [2.24, 2.45) is 7.05 Å². The summed E-state index contributed by atoms with van der Waals surface area (Å²) in [5, 5.41) is 15.4. The quantitative estimate of drug-likeness (QED) is 0.883. The summed E-state index contributed by atoms with van der Waals surface area (Å²) in [4.78, 5) is 1.49. The number of hydrogen-bond acceptors (Lipinski definition) is 4. The molecule has 0 saturated heterocycles. The molecular formula is C13H19N5. The molecule has 0 aliphatic heterocycles. The summed E-state index contributed by atoms with van der Waals surface area (Å²) in [5.41, 5.74) is 3.87. The van der Waals surface area contributed by atoms with E-state index < -0.39 is 0 Å². The number of nitrogens with one attached hydrogen (secondary N) is 1. The molecule has 2 aromatic rings. The van der Waals surface area contributed by atoms with Gasteiger partial charge < -0.3 is 5.32 Å². The Kier molecular flexibility index (Phi) is 3.72. The van der Waals surface area contributed by atoms with Gasteiger partial charge in [-0.3, -0.25) is 0 Å². The SMILES string of the molecule is CNC(Cc1nnn(C)n1)c1ccc(C)c(C)c1. The van der Waals surface area contributed by atoms with Crippen LogP contribution in [0.25, 0.3) is 0 Å². The van der Waals surface area contributed by atoms with Crippen LogP contribution < -0.4 is 5.32 Å². The van der Waals surface area contributed by atoms with Crippen molar-refractivity contribution in [3.8, 4) is 0 Å². The zero-order valence-electron chi connectivity index (χ0n) is 11.3. The Hall–Kier alpha value is -1.75. The van der Waals surface area contributed by atoms with Gasteiger partial charge in [-0.05, 0) is 42.8 Å². The molecule has 0 spiro atoms. The van der Waals surface area contributed by atoms with Crippen LogP contribution in [0.3, 0.4) is 0 Å². The maximum atomic E-state index is 4.22. The molecule has 5 heteroatoms. The second-order valence-electron chi connectivity index (χ2n) is 4.58. The molecule has 1 unspecified atom stereocenters. The molecule has 0 amide bonds. The zero-order valence-corrected chi connectivity index (χ0v) is 11.3. The maximum absolute atomic E-state index is 4.22. The fraction of sp³-hybridized carbons (Fsp3) is 0.462. The van der Waals surface area contributed by atoms with E-state index in [9.17, 15) is 0 Å². The average molecular weight is 245 g/mol. The van der Waals surface area contributed by atoms with Gasteiger partial charge in [-0.15, -0.1) is 10.2 Å². The minimum absolute atomic E-state index is 0.216. The normalized spacial score (nSPS) is 12.7. The summed E-state index contributed by atoms with van der Waals surface area (Å²) >= 11 is 0. The molecule has 0 bridgehead atoms. The Morgan fingerprint density at radius 1 is 1.28 bits per heavy atom. The molecule has 0 saturated carbocycles. The van der Waals surface area contributed by atoms with E-state index in [2.05, 4.69) is 52.8 Å². The molecule has 2 rings (SSSR count). The lowest BCUT2D eigenvalue weighted by atomic mass is 9.99. The summed E-state index contributed by atoms with van der Waals surface area (Å²) in [6.45, 7) is 4.25. The molecule has 0 radical (unpaired) electrons. The number of likely N-dealkylation sites (N-methyl/N-ethyl adjacent to an activating group) is 1. The first-order chi connectivity index (χ1) is 8.60. The number of rotatable bonds is 4. The van der Waals surface area contributed by atoms with Crippen LogP contribution in [-0.4, -0.2) is 27.3 Å². The first-order valence-electron chi connectivity index (χ1n) is 6.07. The Morgan fingerprint density at radius 3 is 2.61 bits per heavy atom. The number of tetrazole rings is 1. The summed E-state index contributed by atoms with van der Waals surface area (Å²) in [5.74, 6) is 0.759. The summed E-state index contributed by atoms with van der Waals surface area (Å²) in [6.07, 6.45) is 0.743. The van der Waals surface area contributed by atoms with Crippen molar-refractivity contribution >= 4 is 0 Å². The van der Waals surface area contributed by atoms with Crippen molar-refractivity contribution in [2.45, 2.75) is 26.3 Å². The highest BCUT2D eigenvalue weighted by molar-refractivity contribution is 5.32. The second-order valence-corrected chi connectivity index (χ2v) is 4.58. The lowest BCUT2D eigenvalue weighted by molar-refractivity contribution is 0.570.